The van der Waals surface area contributed by atoms with Gasteiger partial charge in [-0.3, -0.25) is 10.1 Å². The first-order chi connectivity index (χ1) is 11.5. The van der Waals surface area contributed by atoms with Gasteiger partial charge in [-0.25, -0.2) is 0 Å². The number of hydrogen-bond donors (Lipinski definition) is 1. The Hall–Kier alpha value is -2.17. The number of carbonyl (C=O) groups excluding carboxylic acids is 1. The van der Waals surface area contributed by atoms with Crippen molar-refractivity contribution < 1.29 is 4.79 Å². The smallest absolute Gasteiger partial charge is 0.268 e. The van der Waals surface area contributed by atoms with E-state index in [1.54, 1.807) is 17.8 Å². The summed E-state index contributed by atoms with van der Waals surface area (Å²) in [5.41, 5.74) is 1.96. The first-order valence-corrected chi connectivity index (χ1v) is 9.20. The number of nitrogens with zero attached hydrogens (tertiary/aromatic N) is 3. The second kappa shape index (κ2) is 8.62. The molecule has 124 valence electrons. The first kappa shape index (κ1) is 18.2. The van der Waals surface area contributed by atoms with Crippen molar-refractivity contribution >= 4 is 40.4 Å². The maximum Gasteiger partial charge on any atom is 0.268 e. The first-order valence-electron chi connectivity index (χ1n) is 7.44. The molecule has 0 aliphatic rings. The SMILES string of the molecule is Cc1ccc(/C=C(/C#N)C(=O)Nc2nc(SCC(C)C)ns2)cc1. The van der Waals surface area contributed by atoms with Crippen LogP contribution in [0.3, 0.4) is 0 Å². The van der Waals surface area contributed by atoms with Gasteiger partial charge in [0.2, 0.25) is 10.3 Å². The van der Waals surface area contributed by atoms with Crippen molar-refractivity contribution in [3.63, 3.8) is 0 Å². The molecule has 1 aromatic heterocycles. The average Bonchev–Trinajstić information content (AvgIpc) is 2.99. The summed E-state index contributed by atoms with van der Waals surface area (Å²) in [7, 11) is 0. The van der Waals surface area contributed by atoms with Crippen LogP contribution in [-0.2, 0) is 4.79 Å². The Bertz CT molecular complexity index is 773. The number of anilines is 1. The number of thioether (sulfide) groups is 1. The molecule has 0 atom stereocenters. The minimum absolute atomic E-state index is 0.0328. The third-order valence-corrected chi connectivity index (χ3v) is 4.95. The Morgan fingerprint density at radius 1 is 1.42 bits per heavy atom. The summed E-state index contributed by atoms with van der Waals surface area (Å²) in [4.78, 5) is 16.5. The van der Waals surface area contributed by atoms with Crippen molar-refractivity contribution in [2.24, 2.45) is 5.92 Å². The van der Waals surface area contributed by atoms with Crippen LogP contribution in [0.15, 0.2) is 35.0 Å². The largest absolute Gasteiger partial charge is 0.296 e. The van der Waals surface area contributed by atoms with Crippen LogP contribution >= 0.6 is 23.3 Å². The predicted octanol–water partition coefficient (Wildman–Crippen LogP) is 4.14. The highest BCUT2D eigenvalue weighted by atomic mass is 32.2. The van der Waals surface area contributed by atoms with Gasteiger partial charge in [-0.2, -0.15) is 14.6 Å². The number of nitriles is 1. The number of benzene rings is 1. The van der Waals surface area contributed by atoms with E-state index in [0.29, 0.717) is 16.2 Å². The van der Waals surface area contributed by atoms with Crippen molar-refractivity contribution in [3.8, 4) is 6.07 Å². The third-order valence-electron chi connectivity index (χ3n) is 2.93. The molecule has 2 aromatic rings. The summed E-state index contributed by atoms with van der Waals surface area (Å²) in [6.45, 7) is 6.23. The maximum atomic E-state index is 12.2. The van der Waals surface area contributed by atoms with Crippen molar-refractivity contribution in [3.05, 3.63) is 41.0 Å². The molecule has 1 amide bonds. The monoisotopic (exact) mass is 358 g/mol. The molecule has 1 heterocycles. The highest BCUT2D eigenvalue weighted by molar-refractivity contribution is 7.99. The molecule has 5 nitrogen and oxygen atoms in total. The van der Waals surface area contributed by atoms with E-state index in [-0.39, 0.29) is 5.57 Å². The van der Waals surface area contributed by atoms with Gasteiger partial charge in [0.05, 0.1) is 0 Å². The van der Waals surface area contributed by atoms with Gasteiger partial charge in [-0.1, -0.05) is 55.4 Å². The minimum Gasteiger partial charge on any atom is -0.296 e. The summed E-state index contributed by atoms with van der Waals surface area (Å²) in [6, 6.07) is 9.53. The second-order valence-corrected chi connectivity index (χ2v) is 7.36. The summed E-state index contributed by atoms with van der Waals surface area (Å²) in [6.07, 6.45) is 1.56. The fourth-order valence-corrected chi connectivity index (χ4v) is 3.19. The summed E-state index contributed by atoms with van der Waals surface area (Å²) in [5.74, 6) is 0.981. The van der Waals surface area contributed by atoms with Crippen LogP contribution < -0.4 is 5.32 Å². The molecule has 0 radical (unpaired) electrons. The van der Waals surface area contributed by atoms with Crippen molar-refractivity contribution in [1.29, 1.82) is 5.26 Å². The lowest BCUT2D eigenvalue weighted by Gasteiger charge is -2.01. The van der Waals surface area contributed by atoms with Gasteiger partial charge in [-0.15, -0.1) is 0 Å². The number of carbonyl (C=O) groups is 1. The molecular formula is C17H18N4OS2. The summed E-state index contributed by atoms with van der Waals surface area (Å²) < 4.78 is 4.20. The van der Waals surface area contributed by atoms with Gasteiger partial charge in [0.15, 0.2) is 0 Å². The molecular weight excluding hydrogens is 340 g/mol. The Kier molecular flexibility index (Phi) is 6.53. The fourth-order valence-electron chi connectivity index (χ4n) is 1.70. The zero-order valence-electron chi connectivity index (χ0n) is 13.7. The predicted molar refractivity (Wildman–Crippen MR) is 98.9 cm³/mol. The van der Waals surface area contributed by atoms with E-state index >= 15 is 0 Å². The van der Waals surface area contributed by atoms with Gasteiger partial charge >= 0.3 is 0 Å². The summed E-state index contributed by atoms with van der Waals surface area (Å²) in [5, 5.41) is 12.9. The standard InChI is InChI=1S/C17H18N4OS2/c1-11(2)10-23-17-20-16(24-21-17)19-15(22)14(9-18)8-13-6-4-12(3)5-7-13/h4-8,11H,10H2,1-3H3,(H,19,20,21,22)/b14-8-. The minimum atomic E-state index is -0.477. The van der Waals surface area contributed by atoms with E-state index < -0.39 is 5.91 Å². The Morgan fingerprint density at radius 3 is 2.75 bits per heavy atom. The summed E-state index contributed by atoms with van der Waals surface area (Å²) >= 11 is 2.67. The normalized spacial score (nSPS) is 11.4. The van der Waals surface area contributed by atoms with Crippen LogP contribution in [-0.4, -0.2) is 21.0 Å². The molecule has 0 saturated carbocycles. The van der Waals surface area contributed by atoms with Gasteiger partial charge in [0.1, 0.15) is 11.6 Å². The molecule has 0 unspecified atom stereocenters. The zero-order valence-corrected chi connectivity index (χ0v) is 15.4. The molecule has 0 saturated heterocycles. The quantitative estimate of drug-likeness (QED) is 0.477. The number of nitrogens with one attached hydrogen (secondary N) is 1. The van der Waals surface area contributed by atoms with Crippen molar-refractivity contribution in [2.75, 3.05) is 11.1 Å². The van der Waals surface area contributed by atoms with Gasteiger partial charge in [0, 0.05) is 17.3 Å². The number of amides is 1. The zero-order chi connectivity index (χ0) is 17.5. The maximum absolute atomic E-state index is 12.2. The van der Waals surface area contributed by atoms with Crippen LogP contribution in [0.4, 0.5) is 5.13 Å². The van der Waals surface area contributed by atoms with E-state index in [0.717, 1.165) is 28.4 Å². The van der Waals surface area contributed by atoms with Gasteiger partial charge in [-0.05, 0) is 24.5 Å². The van der Waals surface area contributed by atoms with E-state index in [9.17, 15) is 10.1 Å². The fraction of sp³-hybridized carbons (Fsp3) is 0.294. The van der Waals surface area contributed by atoms with Crippen LogP contribution in [0.5, 0.6) is 0 Å². The van der Waals surface area contributed by atoms with Crippen molar-refractivity contribution in [1.82, 2.24) is 9.36 Å². The molecule has 24 heavy (non-hydrogen) atoms. The number of hydrogen-bond acceptors (Lipinski definition) is 6. The number of rotatable bonds is 6. The van der Waals surface area contributed by atoms with Gasteiger partial charge < -0.3 is 0 Å². The van der Waals surface area contributed by atoms with E-state index in [4.69, 9.17) is 0 Å². The molecule has 2 rings (SSSR count). The van der Waals surface area contributed by atoms with E-state index in [1.165, 1.54) is 0 Å². The molecule has 1 aromatic carbocycles. The second-order valence-electron chi connectivity index (χ2n) is 5.62. The van der Waals surface area contributed by atoms with Gasteiger partial charge in [0.25, 0.3) is 5.91 Å². The number of aryl methyl sites for hydroxylation is 1. The lowest BCUT2D eigenvalue weighted by atomic mass is 10.1. The van der Waals surface area contributed by atoms with Crippen LogP contribution in [0.2, 0.25) is 0 Å². The molecule has 0 bridgehead atoms. The molecule has 7 heteroatoms. The third kappa shape index (κ3) is 5.48. The van der Waals surface area contributed by atoms with Crippen LogP contribution in [0.1, 0.15) is 25.0 Å². The molecule has 1 N–H and O–H groups in total. The molecule has 0 fully saturated rings. The Labute approximate surface area is 150 Å². The Balaban J connectivity index is 2.04. The number of aromatic nitrogens is 2. The average molecular weight is 358 g/mol. The Morgan fingerprint density at radius 2 is 2.12 bits per heavy atom. The topological polar surface area (TPSA) is 78.7 Å². The highest BCUT2D eigenvalue weighted by Gasteiger charge is 2.13. The van der Waals surface area contributed by atoms with E-state index in [1.807, 2.05) is 37.3 Å². The molecule has 0 spiro atoms. The lowest BCUT2D eigenvalue weighted by Crippen LogP contribution is -2.13. The van der Waals surface area contributed by atoms with Crippen molar-refractivity contribution in [2.45, 2.75) is 25.9 Å². The van der Waals surface area contributed by atoms with Crippen LogP contribution in [0.25, 0.3) is 6.08 Å². The lowest BCUT2D eigenvalue weighted by molar-refractivity contribution is -0.112. The highest BCUT2D eigenvalue weighted by Crippen LogP contribution is 2.22. The van der Waals surface area contributed by atoms with Crippen LogP contribution in [0, 0.1) is 24.2 Å². The van der Waals surface area contributed by atoms with E-state index in [2.05, 4.69) is 28.5 Å². The molecule has 0 aliphatic carbocycles. The molecule has 0 aliphatic heterocycles.